The maximum Gasteiger partial charge on any atom is 0.240 e. The van der Waals surface area contributed by atoms with Crippen LogP contribution >= 0.6 is 0 Å². The number of aromatic nitrogens is 3. The van der Waals surface area contributed by atoms with E-state index in [0.29, 0.717) is 18.3 Å². The minimum atomic E-state index is 0.573. The van der Waals surface area contributed by atoms with E-state index in [2.05, 4.69) is 20.4 Å². The summed E-state index contributed by atoms with van der Waals surface area (Å²) in [6.07, 6.45) is 3.41. The Bertz CT molecular complexity index is 398. The Morgan fingerprint density at radius 3 is 3.14 bits per heavy atom. The van der Waals surface area contributed by atoms with Gasteiger partial charge in [0, 0.05) is 18.0 Å². The number of nitrogens with zero attached hydrogens (tertiary/aromatic N) is 3. The van der Waals surface area contributed by atoms with Crippen molar-refractivity contribution in [3.8, 4) is 11.4 Å². The normalized spacial score (nSPS) is 10.4. The first-order valence-electron chi connectivity index (χ1n) is 4.28. The molecule has 2 heterocycles. The first-order chi connectivity index (χ1) is 6.90. The van der Waals surface area contributed by atoms with Gasteiger partial charge in [-0.15, -0.1) is 0 Å². The lowest BCUT2D eigenvalue weighted by Gasteiger charge is -1.90. The summed E-state index contributed by atoms with van der Waals surface area (Å²) in [5.41, 5.74) is 0.860. The molecule has 0 aliphatic carbocycles. The van der Waals surface area contributed by atoms with E-state index >= 15 is 0 Å². The molecule has 2 aromatic rings. The second-order valence-electron chi connectivity index (χ2n) is 2.78. The van der Waals surface area contributed by atoms with Gasteiger partial charge in [-0.05, 0) is 19.2 Å². The number of hydrogen-bond acceptors (Lipinski definition) is 5. The summed E-state index contributed by atoms with van der Waals surface area (Å²) in [7, 11) is 1.83. The van der Waals surface area contributed by atoms with Gasteiger partial charge in [-0.2, -0.15) is 4.98 Å². The fourth-order valence-corrected chi connectivity index (χ4v) is 1.09. The molecule has 0 unspecified atom stereocenters. The van der Waals surface area contributed by atoms with Crippen LogP contribution in [0, 0.1) is 0 Å². The fraction of sp³-hybridized carbons (Fsp3) is 0.222. The van der Waals surface area contributed by atoms with Gasteiger partial charge < -0.3 is 9.84 Å². The minimum Gasteiger partial charge on any atom is -0.338 e. The second-order valence-corrected chi connectivity index (χ2v) is 2.78. The van der Waals surface area contributed by atoms with E-state index < -0.39 is 0 Å². The standard InChI is InChI=1S/C9H10N4O/c1-10-6-8-12-9(13-14-8)7-3-2-4-11-5-7/h2-5,10H,6H2,1H3. The maximum atomic E-state index is 5.01. The van der Waals surface area contributed by atoms with Crippen LogP contribution in [0.25, 0.3) is 11.4 Å². The summed E-state index contributed by atoms with van der Waals surface area (Å²) in [6.45, 7) is 0.577. The van der Waals surface area contributed by atoms with Crippen molar-refractivity contribution in [3.05, 3.63) is 30.4 Å². The number of pyridine rings is 1. The summed E-state index contributed by atoms with van der Waals surface area (Å²) < 4.78 is 5.01. The first-order valence-corrected chi connectivity index (χ1v) is 4.28. The van der Waals surface area contributed by atoms with Crippen LogP contribution in [0.4, 0.5) is 0 Å². The number of rotatable bonds is 3. The molecule has 0 spiro atoms. The van der Waals surface area contributed by atoms with Crippen LogP contribution in [0.3, 0.4) is 0 Å². The Labute approximate surface area is 81.2 Å². The van der Waals surface area contributed by atoms with Crippen LogP contribution in [0.5, 0.6) is 0 Å². The van der Waals surface area contributed by atoms with Gasteiger partial charge in [0.05, 0.1) is 6.54 Å². The van der Waals surface area contributed by atoms with Crippen molar-refractivity contribution < 1.29 is 4.52 Å². The molecule has 0 radical (unpaired) electrons. The van der Waals surface area contributed by atoms with Gasteiger partial charge in [0.25, 0.3) is 0 Å². The molecule has 0 atom stereocenters. The van der Waals surface area contributed by atoms with Gasteiger partial charge in [-0.25, -0.2) is 0 Å². The summed E-state index contributed by atoms with van der Waals surface area (Å²) in [5, 5.41) is 6.78. The van der Waals surface area contributed by atoms with Gasteiger partial charge in [-0.1, -0.05) is 5.16 Å². The van der Waals surface area contributed by atoms with Crippen molar-refractivity contribution >= 4 is 0 Å². The monoisotopic (exact) mass is 190 g/mol. The molecule has 0 saturated heterocycles. The van der Waals surface area contributed by atoms with Gasteiger partial charge in [0.15, 0.2) is 0 Å². The highest BCUT2D eigenvalue weighted by Crippen LogP contribution is 2.13. The van der Waals surface area contributed by atoms with Crippen LogP contribution in [0.15, 0.2) is 29.0 Å². The maximum absolute atomic E-state index is 5.01. The Morgan fingerprint density at radius 2 is 2.43 bits per heavy atom. The average Bonchev–Trinajstić information content (AvgIpc) is 2.68. The minimum absolute atomic E-state index is 0.573. The van der Waals surface area contributed by atoms with Crippen LogP contribution in [-0.2, 0) is 6.54 Å². The van der Waals surface area contributed by atoms with E-state index in [1.54, 1.807) is 12.4 Å². The van der Waals surface area contributed by atoms with Crippen molar-refractivity contribution in [1.29, 1.82) is 0 Å². The van der Waals surface area contributed by atoms with E-state index in [0.717, 1.165) is 5.56 Å². The van der Waals surface area contributed by atoms with Crippen LogP contribution in [0.1, 0.15) is 5.89 Å². The SMILES string of the molecule is CNCc1nc(-c2cccnc2)no1. The molecule has 0 saturated carbocycles. The highest BCUT2D eigenvalue weighted by molar-refractivity contribution is 5.51. The first kappa shape index (κ1) is 8.83. The Kier molecular flexibility index (Phi) is 2.51. The summed E-state index contributed by atoms with van der Waals surface area (Å²) in [6, 6.07) is 3.73. The Hall–Kier alpha value is -1.75. The zero-order valence-corrected chi connectivity index (χ0v) is 7.77. The number of hydrogen-bond donors (Lipinski definition) is 1. The van der Waals surface area contributed by atoms with Crippen molar-refractivity contribution in [3.63, 3.8) is 0 Å². The molecule has 2 aromatic heterocycles. The molecular formula is C9H10N4O. The molecule has 0 bridgehead atoms. The lowest BCUT2D eigenvalue weighted by molar-refractivity contribution is 0.372. The van der Waals surface area contributed by atoms with E-state index in [4.69, 9.17) is 4.52 Å². The zero-order valence-electron chi connectivity index (χ0n) is 7.77. The molecule has 5 nitrogen and oxygen atoms in total. The molecule has 0 amide bonds. The van der Waals surface area contributed by atoms with Crippen LogP contribution in [-0.4, -0.2) is 22.2 Å². The quantitative estimate of drug-likeness (QED) is 0.777. The lowest BCUT2D eigenvalue weighted by atomic mass is 10.3. The van der Waals surface area contributed by atoms with Crippen molar-refractivity contribution in [2.75, 3.05) is 7.05 Å². The molecular weight excluding hydrogens is 180 g/mol. The zero-order chi connectivity index (χ0) is 9.80. The molecule has 14 heavy (non-hydrogen) atoms. The van der Waals surface area contributed by atoms with Gasteiger partial charge in [-0.3, -0.25) is 4.98 Å². The smallest absolute Gasteiger partial charge is 0.240 e. The Balaban J connectivity index is 2.25. The van der Waals surface area contributed by atoms with E-state index in [-0.39, 0.29) is 0 Å². The number of nitrogens with one attached hydrogen (secondary N) is 1. The third kappa shape index (κ3) is 1.77. The molecule has 0 aromatic carbocycles. The van der Waals surface area contributed by atoms with Crippen LogP contribution in [0.2, 0.25) is 0 Å². The fourth-order valence-electron chi connectivity index (χ4n) is 1.09. The van der Waals surface area contributed by atoms with Gasteiger partial charge in [0.2, 0.25) is 11.7 Å². The topological polar surface area (TPSA) is 63.8 Å². The molecule has 1 N–H and O–H groups in total. The Morgan fingerprint density at radius 1 is 1.50 bits per heavy atom. The predicted molar refractivity (Wildman–Crippen MR) is 50.3 cm³/mol. The van der Waals surface area contributed by atoms with E-state index in [9.17, 15) is 0 Å². The molecule has 0 aliphatic rings. The predicted octanol–water partition coefficient (Wildman–Crippen LogP) is 0.851. The highest BCUT2D eigenvalue weighted by atomic mass is 16.5. The molecule has 2 rings (SSSR count). The van der Waals surface area contributed by atoms with Gasteiger partial charge in [0.1, 0.15) is 0 Å². The third-order valence-corrected chi connectivity index (χ3v) is 1.72. The lowest BCUT2D eigenvalue weighted by Crippen LogP contribution is -2.04. The summed E-state index contributed by atoms with van der Waals surface area (Å²) in [4.78, 5) is 8.17. The molecule has 0 aliphatic heterocycles. The molecule has 5 heteroatoms. The van der Waals surface area contributed by atoms with E-state index in [1.165, 1.54) is 0 Å². The van der Waals surface area contributed by atoms with E-state index in [1.807, 2.05) is 19.2 Å². The van der Waals surface area contributed by atoms with Crippen molar-refractivity contribution in [1.82, 2.24) is 20.4 Å². The molecule has 0 fully saturated rings. The highest BCUT2D eigenvalue weighted by Gasteiger charge is 2.06. The summed E-state index contributed by atoms with van der Waals surface area (Å²) >= 11 is 0. The van der Waals surface area contributed by atoms with Crippen molar-refractivity contribution in [2.24, 2.45) is 0 Å². The largest absolute Gasteiger partial charge is 0.338 e. The van der Waals surface area contributed by atoms with Crippen LogP contribution < -0.4 is 5.32 Å². The van der Waals surface area contributed by atoms with Gasteiger partial charge >= 0.3 is 0 Å². The third-order valence-electron chi connectivity index (χ3n) is 1.72. The summed E-state index contributed by atoms with van der Waals surface area (Å²) in [5.74, 6) is 1.15. The molecule has 72 valence electrons. The van der Waals surface area contributed by atoms with Crippen molar-refractivity contribution in [2.45, 2.75) is 6.54 Å². The average molecular weight is 190 g/mol. The second kappa shape index (κ2) is 3.97.